The van der Waals surface area contributed by atoms with E-state index in [2.05, 4.69) is 10.6 Å². The Bertz CT molecular complexity index is 843. The lowest BCUT2D eigenvalue weighted by molar-refractivity contribution is -0.862. The van der Waals surface area contributed by atoms with Gasteiger partial charge in [0.1, 0.15) is 19.0 Å². The molecule has 2 aromatic carbocycles. The van der Waals surface area contributed by atoms with E-state index in [-0.39, 0.29) is 24.9 Å². The second kappa shape index (κ2) is 8.50. The normalized spacial score (nSPS) is 13.6. The summed E-state index contributed by atoms with van der Waals surface area (Å²) in [5.41, 5.74) is 0.981. The van der Waals surface area contributed by atoms with Crippen molar-refractivity contribution in [1.29, 1.82) is 0 Å². The van der Waals surface area contributed by atoms with Gasteiger partial charge >= 0.3 is 0 Å². The Labute approximate surface area is 156 Å². The lowest BCUT2D eigenvalue weighted by atomic mass is 10.2. The molecule has 1 aliphatic heterocycles. The zero-order valence-electron chi connectivity index (χ0n) is 14.9. The number of nitrogens with one attached hydrogen (secondary N) is 3. The fourth-order valence-electron chi connectivity index (χ4n) is 2.71. The molecule has 3 N–H and O–H groups in total. The minimum Gasteiger partial charge on any atom is -0.486 e. The molecule has 0 aliphatic carbocycles. The number of rotatable bonds is 6. The van der Waals surface area contributed by atoms with Gasteiger partial charge in [0.05, 0.1) is 7.05 Å². The molecule has 1 heterocycles. The van der Waals surface area contributed by atoms with E-state index in [1.807, 2.05) is 0 Å². The highest BCUT2D eigenvalue weighted by molar-refractivity contribution is 5.93. The lowest BCUT2D eigenvalue weighted by Crippen LogP contribution is -3.11. The summed E-state index contributed by atoms with van der Waals surface area (Å²) in [5.74, 6) is 0.283. The van der Waals surface area contributed by atoms with E-state index in [0.717, 1.165) is 0 Å². The molecule has 8 heteroatoms. The predicted octanol–water partition coefficient (Wildman–Crippen LogP) is 0.689. The lowest BCUT2D eigenvalue weighted by Gasteiger charge is -2.19. The molecule has 7 nitrogen and oxygen atoms in total. The summed E-state index contributed by atoms with van der Waals surface area (Å²) in [5, 5.41) is 5.39. The number of hydrogen-bond acceptors (Lipinski definition) is 4. The Kier molecular flexibility index (Phi) is 5.87. The molecule has 2 amide bonds. The molecule has 1 atom stereocenters. The third-order valence-corrected chi connectivity index (χ3v) is 3.86. The molecular weight excluding hydrogens is 353 g/mol. The molecule has 0 saturated heterocycles. The second-order valence-corrected chi connectivity index (χ2v) is 6.28. The first-order valence-electron chi connectivity index (χ1n) is 8.56. The number of hydrogen-bond donors (Lipinski definition) is 3. The SMILES string of the molecule is C[NH+](CC(=O)Nc1cccc(F)c1)CC(=O)Nc1ccc2c(c1)OCCO2. The molecule has 1 aliphatic rings. The molecule has 3 rings (SSSR count). The van der Waals surface area contributed by atoms with Crippen molar-refractivity contribution >= 4 is 23.2 Å². The number of fused-ring (bicyclic) bond motifs is 1. The second-order valence-electron chi connectivity index (χ2n) is 6.28. The quantitative estimate of drug-likeness (QED) is 0.695. The van der Waals surface area contributed by atoms with Gasteiger partial charge in [0.15, 0.2) is 24.6 Å². The number of likely N-dealkylation sites (N-methyl/N-ethyl adjacent to an activating group) is 1. The van der Waals surface area contributed by atoms with Crippen LogP contribution in [0.15, 0.2) is 42.5 Å². The zero-order valence-corrected chi connectivity index (χ0v) is 14.9. The minimum atomic E-state index is -0.424. The van der Waals surface area contributed by atoms with E-state index in [0.29, 0.717) is 41.0 Å². The number of carbonyl (C=O) groups excluding carboxylic acids is 2. The Morgan fingerprint density at radius 3 is 2.26 bits per heavy atom. The number of halogens is 1. The van der Waals surface area contributed by atoms with Crippen molar-refractivity contribution in [2.24, 2.45) is 0 Å². The van der Waals surface area contributed by atoms with Crippen LogP contribution < -0.4 is 25.0 Å². The van der Waals surface area contributed by atoms with Gasteiger partial charge in [0.25, 0.3) is 11.8 Å². The fourth-order valence-corrected chi connectivity index (χ4v) is 2.71. The Balaban J connectivity index is 1.48. The molecule has 0 aromatic heterocycles. The molecule has 27 heavy (non-hydrogen) atoms. The van der Waals surface area contributed by atoms with E-state index in [1.54, 1.807) is 31.3 Å². The molecule has 1 unspecified atom stereocenters. The topological polar surface area (TPSA) is 81.1 Å². The number of anilines is 2. The van der Waals surface area contributed by atoms with Crippen molar-refractivity contribution < 1.29 is 28.4 Å². The zero-order chi connectivity index (χ0) is 19.2. The molecule has 142 valence electrons. The van der Waals surface area contributed by atoms with Crippen molar-refractivity contribution in [3.05, 3.63) is 48.3 Å². The predicted molar refractivity (Wildman–Crippen MR) is 97.7 cm³/mol. The highest BCUT2D eigenvalue weighted by atomic mass is 19.1. The van der Waals surface area contributed by atoms with Gasteiger partial charge in [0, 0.05) is 17.4 Å². The van der Waals surface area contributed by atoms with Crippen LogP contribution in [0.1, 0.15) is 0 Å². The fraction of sp³-hybridized carbons (Fsp3) is 0.263. The number of benzene rings is 2. The van der Waals surface area contributed by atoms with E-state index in [4.69, 9.17) is 9.47 Å². The molecule has 0 bridgehead atoms. The summed E-state index contributed by atoms with van der Waals surface area (Å²) < 4.78 is 24.1. The number of ether oxygens (including phenoxy) is 2. The van der Waals surface area contributed by atoms with Crippen molar-refractivity contribution in [3.8, 4) is 11.5 Å². The van der Waals surface area contributed by atoms with Crippen LogP contribution in [0.2, 0.25) is 0 Å². The van der Waals surface area contributed by atoms with Crippen LogP contribution in [0.4, 0.5) is 15.8 Å². The summed E-state index contributed by atoms with van der Waals surface area (Å²) in [6.45, 7) is 1.15. The maximum absolute atomic E-state index is 13.1. The Morgan fingerprint density at radius 1 is 0.963 bits per heavy atom. The average Bonchev–Trinajstić information content (AvgIpc) is 2.61. The van der Waals surface area contributed by atoms with E-state index in [1.165, 1.54) is 18.2 Å². The third-order valence-electron chi connectivity index (χ3n) is 3.86. The maximum atomic E-state index is 13.1. The van der Waals surface area contributed by atoms with Crippen LogP contribution in [0.5, 0.6) is 11.5 Å². The molecule has 0 spiro atoms. The van der Waals surface area contributed by atoms with Crippen LogP contribution >= 0.6 is 0 Å². The molecule has 2 aromatic rings. The largest absolute Gasteiger partial charge is 0.486 e. The van der Waals surface area contributed by atoms with Gasteiger partial charge in [-0.1, -0.05) is 6.07 Å². The van der Waals surface area contributed by atoms with Crippen molar-refractivity contribution in [2.45, 2.75) is 0 Å². The number of amides is 2. The smallest absolute Gasteiger partial charge is 0.279 e. The van der Waals surface area contributed by atoms with Crippen molar-refractivity contribution in [2.75, 3.05) is 44.0 Å². The van der Waals surface area contributed by atoms with Gasteiger partial charge in [-0.2, -0.15) is 0 Å². The summed E-state index contributed by atoms with van der Waals surface area (Å²) in [4.78, 5) is 24.9. The van der Waals surface area contributed by atoms with Crippen molar-refractivity contribution in [1.82, 2.24) is 0 Å². The number of carbonyl (C=O) groups is 2. The van der Waals surface area contributed by atoms with Crippen LogP contribution in [0.3, 0.4) is 0 Å². The van der Waals surface area contributed by atoms with E-state index in [9.17, 15) is 14.0 Å². The van der Waals surface area contributed by atoms with Gasteiger partial charge in [-0.3, -0.25) is 9.59 Å². The third kappa shape index (κ3) is 5.42. The van der Waals surface area contributed by atoms with Crippen LogP contribution in [0, 0.1) is 5.82 Å². The van der Waals surface area contributed by atoms with Gasteiger partial charge in [0.2, 0.25) is 0 Å². The maximum Gasteiger partial charge on any atom is 0.279 e. The van der Waals surface area contributed by atoms with Gasteiger partial charge in [-0.15, -0.1) is 0 Å². The summed E-state index contributed by atoms with van der Waals surface area (Å²) in [6.07, 6.45) is 0. The van der Waals surface area contributed by atoms with E-state index >= 15 is 0 Å². The number of quaternary nitrogens is 1. The summed E-state index contributed by atoms with van der Waals surface area (Å²) in [7, 11) is 1.73. The van der Waals surface area contributed by atoms with Crippen LogP contribution in [-0.4, -0.2) is 45.2 Å². The van der Waals surface area contributed by atoms with E-state index < -0.39 is 5.82 Å². The summed E-state index contributed by atoms with van der Waals surface area (Å²) >= 11 is 0. The Morgan fingerprint density at radius 2 is 1.59 bits per heavy atom. The first-order valence-corrected chi connectivity index (χ1v) is 8.56. The first-order chi connectivity index (χ1) is 13.0. The average molecular weight is 374 g/mol. The van der Waals surface area contributed by atoms with Crippen molar-refractivity contribution in [3.63, 3.8) is 0 Å². The molecule has 0 radical (unpaired) electrons. The monoisotopic (exact) mass is 374 g/mol. The summed E-state index contributed by atoms with van der Waals surface area (Å²) in [6, 6.07) is 10.8. The highest BCUT2D eigenvalue weighted by Gasteiger charge is 2.16. The highest BCUT2D eigenvalue weighted by Crippen LogP contribution is 2.32. The molecular formula is C19H21FN3O4+. The van der Waals surface area contributed by atoms with Gasteiger partial charge in [-0.05, 0) is 30.3 Å². The minimum absolute atomic E-state index is 0.0745. The Hall–Kier alpha value is -3.13. The molecule has 0 saturated carbocycles. The molecule has 0 fully saturated rings. The van der Waals surface area contributed by atoms with Crippen LogP contribution in [-0.2, 0) is 9.59 Å². The van der Waals surface area contributed by atoms with Gasteiger partial charge in [-0.25, -0.2) is 4.39 Å². The van der Waals surface area contributed by atoms with Gasteiger partial charge < -0.3 is 25.0 Å². The first kappa shape index (κ1) is 18.7. The standard InChI is InChI=1S/C19H20FN3O4/c1-23(11-18(24)21-14-4-2-3-13(20)9-14)12-19(25)22-15-5-6-16-17(10-15)27-8-7-26-16/h2-6,9-10H,7-8,11-12H2,1H3,(H,21,24)(H,22,25)/p+1. The van der Waals surface area contributed by atoms with Crippen LogP contribution in [0.25, 0.3) is 0 Å².